The minimum Gasteiger partial charge on any atom is -0.480 e. The predicted octanol–water partition coefficient (Wildman–Crippen LogP) is 2.90. The number of aromatic nitrogens is 1. The zero-order valence-corrected chi connectivity index (χ0v) is 11.6. The van der Waals surface area contributed by atoms with Gasteiger partial charge in [-0.25, -0.2) is 4.79 Å². The second-order valence-electron chi connectivity index (χ2n) is 4.44. The van der Waals surface area contributed by atoms with Gasteiger partial charge in [-0.05, 0) is 18.4 Å². The summed E-state index contributed by atoms with van der Waals surface area (Å²) in [4.78, 5) is 11.6. The molecule has 0 aliphatic heterocycles. The molecule has 0 aromatic carbocycles. The van der Waals surface area contributed by atoms with E-state index in [2.05, 4.69) is 5.16 Å². The van der Waals surface area contributed by atoms with Crippen molar-refractivity contribution in [2.24, 2.45) is 0 Å². The van der Waals surface area contributed by atoms with Crippen LogP contribution in [0.15, 0.2) is 28.1 Å². The van der Waals surface area contributed by atoms with E-state index in [1.807, 2.05) is 10.7 Å². The lowest BCUT2D eigenvalue weighted by Crippen LogP contribution is -2.59. The molecule has 0 spiro atoms. The van der Waals surface area contributed by atoms with Crippen molar-refractivity contribution < 1.29 is 27.6 Å². The van der Waals surface area contributed by atoms with Crippen LogP contribution in [0.3, 0.4) is 0 Å². The molecule has 2 aromatic heterocycles. The molecule has 1 atom stereocenters. The van der Waals surface area contributed by atoms with E-state index < -0.39 is 17.7 Å². The summed E-state index contributed by atoms with van der Waals surface area (Å²) in [5.41, 5.74) is -2.86. The van der Waals surface area contributed by atoms with Crippen LogP contribution in [0.1, 0.15) is 12.6 Å². The molecule has 114 valence electrons. The Morgan fingerprint density at radius 3 is 2.76 bits per heavy atom. The average Bonchev–Trinajstić information content (AvgIpc) is 3.04. The highest BCUT2D eigenvalue weighted by molar-refractivity contribution is 7.13. The highest BCUT2D eigenvalue weighted by Crippen LogP contribution is 2.31. The molecular formula is C12H11F3N2O3S. The Labute approximate surface area is 121 Å². The van der Waals surface area contributed by atoms with Crippen LogP contribution in [0.5, 0.6) is 0 Å². The lowest BCUT2D eigenvalue weighted by atomic mass is 10.0. The number of halogens is 3. The topological polar surface area (TPSA) is 75.4 Å². The normalized spacial score (nSPS) is 14.9. The van der Waals surface area contributed by atoms with Crippen LogP contribution in [0.2, 0.25) is 0 Å². The van der Waals surface area contributed by atoms with Gasteiger partial charge in [-0.15, -0.1) is 11.3 Å². The Hall–Kier alpha value is -1.87. The molecule has 0 saturated heterocycles. The van der Waals surface area contributed by atoms with Crippen LogP contribution >= 0.6 is 11.3 Å². The van der Waals surface area contributed by atoms with Gasteiger partial charge in [-0.3, -0.25) is 5.32 Å². The molecule has 0 aliphatic carbocycles. The SMILES string of the molecule is CC(NCc1cc(-c2cccs2)on1)(C(=O)O)C(F)(F)F. The van der Waals surface area contributed by atoms with Crippen LogP contribution in [-0.4, -0.2) is 27.9 Å². The summed E-state index contributed by atoms with van der Waals surface area (Å²) in [5, 5.41) is 16.2. The van der Waals surface area contributed by atoms with E-state index in [-0.39, 0.29) is 12.2 Å². The number of nitrogens with one attached hydrogen (secondary N) is 1. The number of alkyl halides is 3. The van der Waals surface area contributed by atoms with E-state index in [0.29, 0.717) is 12.7 Å². The number of thiophene rings is 1. The van der Waals surface area contributed by atoms with E-state index in [1.165, 1.54) is 17.4 Å². The van der Waals surface area contributed by atoms with Crippen molar-refractivity contribution in [2.45, 2.75) is 25.2 Å². The number of carboxylic acid groups (broad SMARTS) is 1. The molecule has 0 fully saturated rings. The van der Waals surface area contributed by atoms with E-state index >= 15 is 0 Å². The van der Waals surface area contributed by atoms with Crippen molar-refractivity contribution >= 4 is 17.3 Å². The van der Waals surface area contributed by atoms with Gasteiger partial charge in [0, 0.05) is 12.6 Å². The number of rotatable bonds is 5. The number of carboxylic acids is 1. The van der Waals surface area contributed by atoms with Crippen molar-refractivity contribution in [3.63, 3.8) is 0 Å². The van der Waals surface area contributed by atoms with Gasteiger partial charge in [0.25, 0.3) is 0 Å². The maximum atomic E-state index is 12.8. The summed E-state index contributed by atoms with van der Waals surface area (Å²) in [6, 6.07) is 5.04. The van der Waals surface area contributed by atoms with Crippen LogP contribution in [0.25, 0.3) is 10.6 Å². The van der Waals surface area contributed by atoms with Crippen molar-refractivity contribution in [3.05, 3.63) is 29.3 Å². The van der Waals surface area contributed by atoms with Gasteiger partial charge in [0.05, 0.1) is 10.6 Å². The molecule has 0 radical (unpaired) electrons. The molecular weight excluding hydrogens is 309 g/mol. The van der Waals surface area contributed by atoms with E-state index in [1.54, 1.807) is 12.1 Å². The lowest BCUT2D eigenvalue weighted by molar-refractivity contribution is -0.206. The average molecular weight is 320 g/mol. The summed E-state index contributed by atoms with van der Waals surface area (Å²) >= 11 is 1.39. The lowest BCUT2D eigenvalue weighted by Gasteiger charge is -2.28. The van der Waals surface area contributed by atoms with Crippen molar-refractivity contribution in [1.29, 1.82) is 0 Å². The quantitative estimate of drug-likeness (QED) is 0.886. The Morgan fingerprint density at radius 2 is 2.24 bits per heavy atom. The van der Waals surface area contributed by atoms with Crippen LogP contribution in [0, 0.1) is 0 Å². The summed E-state index contributed by atoms with van der Waals surface area (Å²) in [6.07, 6.45) is -4.93. The largest absolute Gasteiger partial charge is 0.480 e. The fraction of sp³-hybridized carbons (Fsp3) is 0.333. The standard InChI is InChI=1S/C12H11F3N2O3S/c1-11(10(18)19,12(13,14)15)16-6-7-5-8(20-17-7)9-3-2-4-21-9/h2-5,16H,6H2,1H3,(H,18,19). The molecule has 0 amide bonds. The highest BCUT2D eigenvalue weighted by Gasteiger charge is 2.57. The Kier molecular flexibility index (Phi) is 4.06. The van der Waals surface area contributed by atoms with E-state index in [0.717, 1.165) is 4.88 Å². The zero-order chi connectivity index (χ0) is 15.7. The van der Waals surface area contributed by atoms with Crippen molar-refractivity contribution in [2.75, 3.05) is 0 Å². The second-order valence-corrected chi connectivity index (χ2v) is 5.39. The van der Waals surface area contributed by atoms with Crippen LogP contribution < -0.4 is 5.32 Å². The highest BCUT2D eigenvalue weighted by atomic mass is 32.1. The van der Waals surface area contributed by atoms with Gasteiger partial charge in [-0.1, -0.05) is 11.2 Å². The summed E-state index contributed by atoms with van der Waals surface area (Å²) in [7, 11) is 0. The van der Waals surface area contributed by atoms with Gasteiger partial charge in [0.15, 0.2) is 5.76 Å². The number of carbonyl (C=O) groups is 1. The van der Waals surface area contributed by atoms with Crippen LogP contribution in [0.4, 0.5) is 13.2 Å². The molecule has 5 nitrogen and oxygen atoms in total. The molecule has 9 heteroatoms. The molecule has 0 bridgehead atoms. The number of hydrogen-bond donors (Lipinski definition) is 2. The molecule has 2 heterocycles. The number of hydrogen-bond acceptors (Lipinski definition) is 5. The first-order chi connectivity index (χ1) is 9.74. The Balaban J connectivity index is 2.11. The Morgan fingerprint density at radius 1 is 1.52 bits per heavy atom. The first kappa shape index (κ1) is 15.5. The third kappa shape index (κ3) is 3.08. The second kappa shape index (κ2) is 5.49. The molecule has 21 heavy (non-hydrogen) atoms. The smallest absolute Gasteiger partial charge is 0.417 e. The van der Waals surface area contributed by atoms with Crippen molar-refractivity contribution in [1.82, 2.24) is 10.5 Å². The summed E-state index contributed by atoms with van der Waals surface area (Å²) < 4.78 is 43.4. The number of aliphatic carboxylic acids is 1. The minimum absolute atomic E-state index is 0.190. The molecule has 2 rings (SSSR count). The van der Waals surface area contributed by atoms with Gasteiger partial charge in [0.1, 0.15) is 0 Å². The van der Waals surface area contributed by atoms with Gasteiger partial charge >= 0.3 is 12.1 Å². The fourth-order valence-electron chi connectivity index (χ4n) is 1.49. The van der Waals surface area contributed by atoms with Crippen LogP contribution in [-0.2, 0) is 11.3 Å². The zero-order valence-electron chi connectivity index (χ0n) is 10.8. The summed E-state index contributed by atoms with van der Waals surface area (Å²) in [5.74, 6) is -1.58. The summed E-state index contributed by atoms with van der Waals surface area (Å²) in [6.45, 7) is 0.187. The maximum absolute atomic E-state index is 12.8. The van der Waals surface area contributed by atoms with E-state index in [9.17, 15) is 18.0 Å². The third-order valence-corrected chi connectivity index (χ3v) is 3.83. The Bertz CT molecular complexity index is 624. The molecule has 2 aromatic rings. The first-order valence-electron chi connectivity index (χ1n) is 5.78. The number of nitrogens with zero attached hydrogens (tertiary/aromatic N) is 1. The van der Waals surface area contributed by atoms with Gasteiger partial charge < -0.3 is 9.63 Å². The van der Waals surface area contributed by atoms with E-state index in [4.69, 9.17) is 9.63 Å². The molecule has 0 aliphatic rings. The fourth-order valence-corrected chi connectivity index (χ4v) is 2.17. The minimum atomic E-state index is -4.93. The molecule has 0 saturated carbocycles. The predicted molar refractivity (Wildman–Crippen MR) is 68.8 cm³/mol. The van der Waals surface area contributed by atoms with Gasteiger partial charge in [-0.2, -0.15) is 13.2 Å². The van der Waals surface area contributed by atoms with Crippen molar-refractivity contribution in [3.8, 4) is 10.6 Å². The molecule has 1 unspecified atom stereocenters. The maximum Gasteiger partial charge on any atom is 0.417 e. The monoisotopic (exact) mass is 320 g/mol. The van der Waals surface area contributed by atoms with Gasteiger partial charge in [0.2, 0.25) is 5.54 Å². The third-order valence-electron chi connectivity index (χ3n) is 2.94. The molecule has 2 N–H and O–H groups in total. The first-order valence-corrected chi connectivity index (χ1v) is 6.66.